The van der Waals surface area contributed by atoms with Crippen molar-refractivity contribution >= 4 is 61.4 Å². The number of alkyl halides is 1. The molecule has 3 N–H and O–H groups in total. The molecule has 172 valence electrons. The number of hydrogen-bond acceptors (Lipinski definition) is 7. The van der Waals surface area contributed by atoms with Gasteiger partial charge in [0.05, 0.1) is 5.75 Å². The van der Waals surface area contributed by atoms with Crippen LogP contribution in [-0.4, -0.2) is 39.2 Å². The number of aryl methyl sites for hydroxylation is 2. The van der Waals surface area contributed by atoms with Gasteiger partial charge in [0.1, 0.15) is 12.5 Å². The lowest BCUT2D eigenvalue weighted by atomic mass is 10.1. The number of imidazole rings is 1. The number of hydrogen-bond donors (Lipinski definition) is 2. The van der Waals surface area contributed by atoms with Crippen molar-refractivity contribution in [3.63, 3.8) is 0 Å². The van der Waals surface area contributed by atoms with Gasteiger partial charge in [-0.05, 0) is 79.5 Å². The molecular weight excluding hydrogens is 566 g/mol. The molecule has 1 aliphatic carbocycles. The summed E-state index contributed by atoms with van der Waals surface area (Å²) in [7, 11) is -3.54. The Morgan fingerprint density at radius 1 is 1.34 bits per heavy atom. The average molecular weight is 590 g/mol. The van der Waals surface area contributed by atoms with E-state index in [2.05, 4.69) is 42.3 Å². The van der Waals surface area contributed by atoms with Crippen LogP contribution in [0.1, 0.15) is 44.5 Å². The number of fused-ring (bicyclic) bond motifs is 2. The van der Waals surface area contributed by atoms with E-state index in [0.29, 0.717) is 28.3 Å². The van der Waals surface area contributed by atoms with Crippen LogP contribution in [0.5, 0.6) is 0 Å². The minimum atomic E-state index is -3.54. The van der Waals surface area contributed by atoms with Crippen LogP contribution in [-0.2, 0) is 23.0 Å². The van der Waals surface area contributed by atoms with Crippen molar-refractivity contribution in [2.75, 3.05) is 11.5 Å². The molecule has 2 heterocycles. The SMILES string of the molecule is CC(C)(C)NS(=O)(=O)CCn1c(Sc2cc3c(cc2I)CCC3F)nc2c(N)ncnc21. The Morgan fingerprint density at radius 3 is 2.81 bits per heavy atom. The molecule has 1 aromatic carbocycles. The Morgan fingerprint density at radius 2 is 2.09 bits per heavy atom. The van der Waals surface area contributed by atoms with Crippen LogP contribution in [0.2, 0.25) is 0 Å². The Labute approximate surface area is 204 Å². The van der Waals surface area contributed by atoms with Gasteiger partial charge in [0.25, 0.3) is 0 Å². The molecule has 0 amide bonds. The summed E-state index contributed by atoms with van der Waals surface area (Å²) in [6.07, 6.45) is 1.61. The van der Waals surface area contributed by atoms with Gasteiger partial charge in [-0.15, -0.1) is 0 Å². The summed E-state index contributed by atoms with van der Waals surface area (Å²) in [5.41, 5.74) is 8.05. The number of aromatic nitrogens is 4. The Bertz CT molecular complexity index is 1290. The van der Waals surface area contributed by atoms with Crippen LogP contribution in [0, 0.1) is 3.57 Å². The van der Waals surface area contributed by atoms with E-state index in [0.717, 1.165) is 20.4 Å². The normalized spacial score (nSPS) is 16.6. The number of anilines is 1. The van der Waals surface area contributed by atoms with Gasteiger partial charge in [-0.1, -0.05) is 11.8 Å². The van der Waals surface area contributed by atoms with E-state index >= 15 is 0 Å². The molecule has 0 fully saturated rings. The van der Waals surface area contributed by atoms with E-state index in [1.807, 2.05) is 12.1 Å². The summed E-state index contributed by atoms with van der Waals surface area (Å²) in [4.78, 5) is 13.7. The van der Waals surface area contributed by atoms with Crippen molar-refractivity contribution in [1.29, 1.82) is 0 Å². The molecule has 8 nitrogen and oxygen atoms in total. The predicted molar refractivity (Wildman–Crippen MR) is 132 cm³/mol. The lowest BCUT2D eigenvalue weighted by Gasteiger charge is -2.20. The monoisotopic (exact) mass is 590 g/mol. The third-order valence-electron chi connectivity index (χ3n) is 4.97. The maximum atomic E-state index is 14.3. The van der Waals surface area contributed by atoms with Crippen molar-refractivity contribution < 1.29 is 12.8 Å². The first-order valence-electron chi connectivity index (χ1n) is 10.1. The van der Waals surface area contributed by atoms with Gasteiger partial charge in [-0.25, -0.2) is 32.5 Å². The van der Waals surface area contributed by atoms with Crippen LogP contribution in [0.25, 0.3) is 11.2 Å². The topological polar surface area (TPSA) is 116 Å². The third-order valence-corrected chi connectivity index (χ3v) is 8.92. The molecule has 32 heavy (non-hydrogen) atoms. The van der Waals surface area contributed by atoms with Gasteiger partial charge in [0.2, 0.25) is 10.0 Å². The van der Waals surface area contributed by atoms with Gasteiger partial charge in [-0.3, -0.25) is 0 Å². The first-order valence-corrected chi connectivity index (χ1v) is 13.6. The van der Waals surface area contributed by atoms with Crippen molar-refractivity contribution in [3.8, 4) is 0 Å². The standard InChI is InChI=1S/C20H24FIN6O2S2/c1-20(2,3)27-32(29,30)7-6-28-18-16(17(23)24-10-25-18)26-19(28)31-15-9-12-11(8-14(15)22)4-5-13(12)21/h8-10,13,27H,4-7H2,1-3H3,(H2,23,24,25). The highest BCUT2D eigenvalue weighted by molar-refractivity contribution is 14.1. The summed E-state index contributed by atoms with van der Waals surface area (Å²) in [5, 5.41) is 0.532. The molecule has 12 heteroatoms. The maximum Gasteiger partial charge on any atom is 0.213 e. The van der Waals surface area contributed by atoms with Crippen LogP contribution < -0.4 is 10.5 Å². The van der Waals surface area contributed by atoms with Gasteiger partial charge in [-0.2, -0.15) is 0 Å². The van der Waals surface area contributed by atoms with Crippen LogP contribution in [0.15, 0.2) is 28.5 Å². The first-order chi connectivity index (χ1) is 14.9. The fraction of sp³-hybridized carbons (Fsp3) is 0.450. The maximum absolute atomic E-state index is 14.3. The van der Waals surface area contributed by atoms with E-state index in [-0.39, 0.29) is 18.1 Å². The van der Waals surface area contributed by atoms with E-state index in [9.17, 15) is 12.8 Å². The van der Waals surface area contributed by atoms with E-state index in [4.69, 9.17) is 5.73 Å². The predicted octanol–water partition coefficient (Wildman–Crippen LogP) is 3.84. The Kier molecular flexibility index (Phi) is 6.42. The quantitative estimate of drug-likeness (QED) is 0.420. The molecule has 3 aromatic rings. The van der Waals surface area contributed by atoms with Gasteiger partial charge < -0.3 is 10.3 Å². The molecule has 1 unspecified atom stereocenters. The molecule has 1 atom stereocenters. The molecule has 2 aromatic heterocycles. The number of nitrogens with two attached hydrogens (primary N) is 1. The fourth-order valence-corrected chi connectivity index (χ4v) is 6.96. The molecule has 0 radical (unpaired) electrons. The first kappa shape index (κ1) is 23.6. The number of nitrogens with zero attached hydrogens (tertiary/aromatic N) is 4. The van der Waals surface area contributed by atoms with Crippen LogP contribution in [0.4, 0.5) is 10.2 Å². The second kappa shape index (κ2) is 8.69. The summed E-state index contributed by atoms with van der Waals surface area (Å²) in [5.74, 6) is 0.0693. The average Bonchev–Trinajstić information content (AvgIpc) is 3.20. The zero-order valence-electron chi connectivity index (χ0n) is 17.9. The molecule has 0 bridgehead atoms. The van der Waals surface area contributed by atoms with Gasteiger partial charge in [0.15, 0.2) is 22.1 Å². The van der Waals surface area contributed by atoms with Crippen LogP contribution >= 0.6 is 34.4 Å². The highest BCUT2D eigenvalue weighted by Crippen LogP contribution is 2.41. The minimum Gasteiger partial charge on any atom is -0.382 e. The van der Waals surface area contributed by atoms with Crippen LogP contribution in [0.3, 0.4) is 0 Å². The number of benzene rings is 1. The lowest BCUT2D eigenvalue weighted by Crippen LogP contribution is -2.42. The van der Waals surface area contributed by atoms with Crippen molar-refractivity contribution in [3.05, 3.63) is 33.2 Å². The number of rotatable bonds is 6. The zero-order valence-corrected chi connectivity index (χ0v) is 21.7. The molecule has 0 aliphatic heterocycles. The molecule has 0 spiro atoms. The highest BCUT2D eigenvalue weighted by Gasteiger charge is 2.26. The zero-order chi connectivity index (χ0) is 23.3. The van der Waals surface area contributed by atoms with Gasteiger partial charge in [0, 0.05) is 20.5 Å². The highest BCUT2D eigenvalue weighted by atomic mass is 127. The van der Waals surface area contributed by atoms with E-state index < -0.39 is 21.7 Å². The number of nitrogen functional groups attached to an aromatic ring is 1. The largest absolute Gasteiger partial charge is 0.382 e. The Balaban J connectivity index is 1.71. The Hall–Kier alpha value is -1.51. The number of nitrogens with one attached hydrogen (secondary N) is 1. The second-order valence-electron chi connectivity index (χ2n) is 8.74. The van der Waals surface area contributed by atoms with Crippen molar-refractivity contribution in [1.82, 2.24) is 24.2 Å². The summed E-state index contributed by atoms with van der Waals surface area (Å²) in [6.45, 7) is 5.51. The van der Waals surface area contributed by atoms with Gasteiger partial charge >= 0.3 is 0 Å². The van der Waals surface area contributed by atoms with E-state index in [1.54, 1.807) is 25.3 Å². The van der Waals surface area contributed by atoms with Crippen molar-refractivity contribution in [2.45, 2.75) is 61.9 Å². The molecule has 1 aliphatic rings. The number of halogens is 2. The van der Waals surface area contributed by atoms with Crippen molar-refractivity contribution in [2.24, 2.45) is 0 Å². The third kappa shape index (κ3) is 5.02. The second-order valence-corrected chi connectivity index (χ2v) is 12.8. The number of sulfonamides is 1. The fourth-order valence-electron chi connectivity index (χ4n) is 3.68. The minimum absolute atomic E-state index is 0.133. The molecule has 4 rings (SSSR count). The summed E-state index contributed by atoms with van der Waals surface area (Å²) in [6, 6.07) is 3.88. The molecule has 0 saturated heterocycles. The molecule has 0 saturated carbocycles. The van der Waals surface area contributed by atoms with E-state index in [1.165, 1.54) is 18.1 Å². The summed E-state index contributed by atoms with van der Waals surface area (Å²) < 4.78 is 44.9. The molecular formula is C20H24FIN6O2S2. The smallest absolute Gasteiger partial charge is 0.213 e. The lowest BCUT2D eigenvalue weighted by molar-refractivity contribution is 0.343. The summed E-state index contributed by atoms with van der Waals surface area (Å²) >= 11 is 3.58.